The predicted octanol–water partition coefficient (Wildman–Crippen LogP) is 2.06. The first-order valence-corrected chi connectivity index (χ1v) is 8.80. The molecule has 1 amide bonds. The molecule has 1 aliphatic rings. The van der Waals surface area contributed by atoms with E-state index >= 15 is 0 Å². The molecule has 1 N–H and O–H groups in total. The van der Waals surface area contributed by atoms with Crippen molar-refractivity contribution in [1.29, 1.82) is 0 Å². The highest BCUT2D eigenvalue weighted by Crippen LogP contribution is 2.12. The van der Waals surface area contributed by atoms with Crippen LogP contribution in [0.5, 0.6) is 0 Å². The van der Waals surface area contributed by atoms with Gasteiger partial charge in [0.2, 0.25) is 0 Å². The maximum Gasteiger partial charge on any atom is 0.276 e. The third kappa shape index (κ3) is 5.00. The van der Waals surface area contributed by atoms with Gasteiger partial charge in [-0.2, -0.15) is 0 Å². The smallest absolute Gasteiger partial charge is 0.276 e. The van der Waals surface area contributed by atoms with Crippen molar-refractivity contribution < 1.29 is 4.79 Å². The second-order valence-electron chi connectivity index (χ2n) is 6.54. The highest BCUT2D eigenvalue weighted by atomic mass is 16.2. The molecule has 1 aliphatic heterocycles. The summed E-state index contributed by atoms with van der Waals surface area (Å²) < 4.78 is 1.79. The molecule has 0 spiro atoms. The molecule has 1 atom stereocenters. The lowest BCUT2D eigenvalue weighted by Gasteiger charge is -2.22. The summed E-state index contributed by atoms with van der Waals surface area (Å²) in [6, 6.07) is 10.0. The lowest BCUT2D eigenvalue weighted by atomic mass is 10.00. The molecule has 1 fully saturated rings. The van der Waals surface area contributed by atoms with Gasteiger partial charge in [-0.15, -0.1) is 5.10 Å². The summed E-state index contributed by atoms with van der Waals surface area (Å²) in [5.41, 5.74) is 1.52. The van der Waals surface area contributed by atoms with Crippen LogP contribution >= 0.6 is 0 Å². The molecule has 0 aliphatic carbocycles. The van der Waals surface area contributed by atoms with E-state index in [1.165, 1.54) is 12.8 Å². The van der Waals surface area contributed by atoms with E-state index in [9.17, 15) is 4.79 Å². The van der Waals surface area contributed by atoms with Gasteiger partial charge in [0.1, 0.15) is 0 Å². The maximum atomic E-state index is 12.5. The average molecular weight is 339 g/mol. The highest BCUT2D eigenvalue weighted by molar-refractivity contribution is 5.91. The van der Waals surface area contributed by atoms with Crippen LogP contribution in [-0.2, 0) is 6.54 Å². The van der Waals surface area contributed by atoms with Crippen molar-refractivity contribution in [3.05, 3.63) is 53.9 Å². The minimum Gasteiger partial charge on any atom is -0.337 e. The van der Waals surface area contributed by atoms with Crippen LogP contribution in [-0.4, -0.2) is 52.5 Å². The van der Waals surface area contributed by atoms with E-state index in [1.54, 1.807) is 22.8 Å². The number of piperidine rings is 1. The monoisotopic (exact) mass is 339 g/mol. The summed E-state index contributed by atoms with van der Waals surface area (Å²) in [7, 11) is 1.78. The zero-order valence-electron chi connectivity index (χ0n) is 14.6. The van der Waals surface area contributed by atoms with E-state index in [0.29, 0.717) is 18.2 Å². The Labute approximate surface area is 148 Å². The van der Waals surface area contributed by atoms with Gasteiger partial charge in [-0.1, -0.05) is 47.7 Å². The molecule has 6 heteroatoms. The number of likely N-dealkylation sites (N-methyl/N-ethyl adjacent to an activating group) is 1. The number of aromatic nitrogens is 3. The van der Waals surface area contributed by atoms with Gasteiger partial charge in [-0.25, -0.2) is 0 Å². The third-order valence-corrected chi connectivity index (χ3v) is 4.44. The van der Waals surface area contributed by atoms with Crippen LogP contribution in [0, 0.1) is 5.92 Å². The van der Waals surface area contributed by atoms with Crippen molar-refractivity contribution in [2.45, 2.75) is 19.4 Å². The molecule has 6 nitrogen and oxygen atoms in total. The predicted molar refractivity (Wildman–Crippen MR) is 98.1 cm³/mol. The van der Waals surface area contributed by atoms with Gasteiger partial charge in [0.15, 0.2) is 5.69 Å². The summed E-state index contributed by atoms with van der Waals surface area (Å²) in [4.78, 5) is 14.1. The molecular weight excluding hydrogens is 314 g/mol. The zero-order chi connectivity index (χ0) is 17.5. The average Bonchev–Trinajstić information content (AvgIpc) is 3.11. The summed E-state index contributed by atoms with van der Waals surface area (Å²) in [6.45, 7) is 3.45. The summed E-state index contributed by atoms with van der Waals surface area (Å²) in [5.74, 6) is 0.454. The van der Waals surface area contributed by atoms with E-state index in [4.69, 9.17) is 0 Å². The number of carbonyl (C=O) groups is 1. The van der Waals surface area contributed by atoms with Gasteiger partial charge in [0.05, 0.1) is 6.20 Å². The highest BCUT2D eigenvalue weighted by Gasteiger charge is 2.18. The number of rotatable bonds is 6. The quantitative estimate of drug-likeness (QED) is 0.875. The van der Waals surface area contributed by atoms with E-state index in [1.807, 2.05) is 42.5 Å². The fourth-order valence-electron chi connectivity index (χ4n) is 3.02. The molecule has 1 saturated heterocycles. The van der Waals surface area contributed by atoms with E-state index in [2.05, 4.69) is 15.6 Å². The van der Waals surface area contributed by atoms with Crippen LogP contribution in [0.25, 0.3) is 6.08 Å². The van der Waals surface area contributed by atoms with Gasteiger partial charge in [0, 0.05) is 20.1 Å². The number of amides is 1. The Hall–Kier alpha value is -2.47. The molecule has 1 aromatic carbocycles. The maximum absolute atomic E-state index is 12.5. The second kappa shape index (κ2) is 8.58. The normalized spacial score (nSPS) is 17.7. The minimum atomic E-state index is -0.106. The van der Waals surface area contributed by atoms with Crippen LogP contribution in [0.2, 0.25) is 0 Å². The van der Waals surface area contributed by atoms with Gasteiger partial charge in [-0.3, -0.25) is 9.48 Å². The largest absolute Gasteiger partial charge is 0.337 e. The van der Waals surface area contributed by atoms with Crippen LogP contribution in [0.1, 0.15) is 28.9 Å². The Morgan fingerprint density at radius 1 is 1.40 bits per heavy atom. The van der Waals surface area contributed by atoms with E-state index in [-0.39, 0.29) is 5.91 Å². The minimum absolute atomic E-state index is 0.106. The Morgan fingerprint density at radius 3 is 3.00 bits per heavy atom. The molecule has 0 bridgehead atoms. The molecule has 0 unspecified atom stereocenters. The first kappa shape index (κ1) is 17.4. The number of benzene rings is 1. The van der Waals surface area contributed by atoms with Crippen molar-refractivity contribution in [3.63, 3.8) is 0 Å². The fourth-order valence-corrected chi connectivity index (χ4v) is 3.02. The Balaban J connectivity index is 1.52. The summed E-state index contributed by atoms with van der Waals surface area (Å²) in [6.07, 6.45) is 8.14. The van der Waals surface area contributed by atoms with Crippen LogP contribution in [0.3, 0.4) is 0 Å². The third-order valence-electron chi connectivity index (χ3n) is 4.44. The molecule has 0 radical (unpaired) electrons. The lowest BCUT2D eigenvalue weighted by Crippen LogP contribution is -2.32. The van der Waals surface area contributed by atoms with Gasteiger partial charge in [-0.05, 0) is 37.4 Å². The molecule has 3 rings (SSSR count). The molecule has 0 saturated carbocycles. The molecule has 25 heavy (non-hydrogen) atoms. The lowest BCUT2D eigenvalue weighted by molar-refractivity contribution is 0.0804. The first-order chi connectivity index (χ1) is 12.2. The first-order valence-electron chi connectivity index (χ1n) is 8.80. The summed E-state index contributed by atoms with van der Waals surface area (Å²) >= 11 is 0. The van der Waals surface area contributed by atoms with Crippen molar-refractivity contribution >= 4 is 12.0 Å². The van der Waals surface area contributed by atoms with E-state index in [0.717, 1.165) is 25.2 Å². The summed E-state index contributed by atoms with van der Waals surface area (Å²) in [5, 5.41) is 11.6. The standard InChI is InChI=1S/C19H25N5O/c1-23(12-6-10-16-7-3-2-4-8-16)19(25)18-15-24(22-21-18)14-17-9-5-11-20-13-17/h2-4,6-8,10,15,17,20H,5,9,11-14H2,1H3/b10-6+/t17-/m0/s1. The molecule has 1 aromatic heterocycles. The van der Waals surface area contributed by atoms with Gasteiger partial charge >= 0.3 is 0 Å². The Bertz CT molecular complexity index is 704. The van der Waals surface area contributed by atoms with E-state index < -0.39 is 0 Å². The molecule has 2 aromatic rings. The van der Waals surface area contributed by atoms with Crippen LogP contribution in [0.15, 0.2) is 42.6 Å². The number of nitrogens with one attached hydrogen (secondary N) is 1. The second-order valence-corrected chi connectivity index (χ2v) is 6.54. The van der Waals surface area contributed by atoms with Crippen molar-refractivity contribution in [3.8, 4) is 0 Å². The number of hydrogen-bond donors (Lipinski definition) is 1. The Kier molecular flexibility index (Phi) is 5.95. The molecular formula is C19H25N5O. The van der Waals surface area contributed by atoms with Crippen molar-refractivity contribution in [1.82, 2.24) is 25.2 Å². The zero-order valence-corrected chi connectivity index (χ0v) is 14.6. The Morgan fingerprint density at radius 2 is 2.24 bits per heavy atom. The van der Waals surface area contributed by atoms with Crippen LogP contribution in [0.4, 0.5) is 0 Å². The van der Waals surface area contributed by atoms with Gasteiger partial charge < -0.3 is 10.2 Å². The SMILES string of the molecule is CN(C/C=C/c1ccccc1)C(=O)c1cn(C[C@H]2CCCNC2)nn1. The molecule has 2 heterocycles. The number of nitrogens with zero attached hydrogens (tertiary/aromatic N) is 4. The number of carbonyl (C=O) groups excluding carboxylic acids is 1. The molecule has 132 valence electrons. The number of hydrogen-bond acceptors (Lipinski definition) is 4. The van der Waals surface area contributed by atoms with Gasteiger partial charge in [0.25, 0.3) is 5.91 Å². The van der Waals surface area contributed by atoms with Crippen molar-refractivity contribution in [2.24, 2.45) is 5.92 Å². The van der Waals surface area contributed by atoms with Crippen LogP contribution < -0.4 is 5.32 Å². The fraction of sp³-hybridized carbons (Fsp3) is 0.421. The van der Waals surface area contributed by atoms with Crippen molar-refractivity contribution in [2.75, 3.05) is 26.7 Å². The topological polar surface area (TPSA) is 63.1 Å².